The molecule has 2 N–H and O–H groups in total. The molecular weight excluding hydrogens is 270 g/mol. The first-order valence-corrected chi connectivity index (χ1v) is 6.68. The fraction of sp³-hybridized carbons (Fsp3) is 0.188. The van der Waals surface area contributed by atoms with Crippen molar-refractivity contribution in [3.05, 3.63) is 59.2 Å². The van der Waals surface area contributed by atoms with Gasteiger partial charge in [-0.25, -0.2) is 0 Å². The normalized spacial score (nSPS) is 10.1. The first-order valence-electron chi connectivity index (χ1n) is 6.27. The van der Waals surface area contributed by atoms with Gasteiger partial charge in [0.15, 0.2) is 11.5 Å². The first kappa shape index (κ1) is 14.3. The molecule has 0 fully saturated rings. The molecule has 0 amide bonds. The molecule has 0 aromatic heterocycles. The molecule has 0 saturated heterocycles. The average molecular weight is 287 g/mol. The van der Waals surface area contributed by atoms with E-state index in [9.17, 15) is 0 Å². The van der Waals surface area contributed by atoms with Gasteiger partial charge in [-0.2, -0.15) is 0 Å². The lowest BCUT2D eigenvalue weighted by Gasteiger charge is -2.13. The molecule has 0 aliphatic carbocycles. The highest BCUT2D eigenvalue weighted by atomic mass is 32.1. The summed E-state index contributed by atoms with van der Waals surface area (Å²) < 4.78 is 11.1. The highest BCUT2D eigenvalue weighted by Gasteiger charge is 2.08. The standard InChI is InChI=1S/C16H17NO2S/c1-11-5-3-4-6-13(11)10-19-14-8-7-12(16(17)20)9-15(14)18-2/h3-9H,10H2,1-2H3,(H2,17,20). The average Bonchev–Trinajstić information content (AvgIpc) is 2.46. The molecule has 0 radical (unpaired) electrons. The van der Waals surface area contributed by atoms with Gasteiger partial charge in [-0.15, -0.1) is 0 Å². The number of hydrogen-bond acceptors (Lipinski definition) is 3. The highest BCUT2D eigenvalue weighted by molar-refractivity contribution is 7.80. The van der Waals surface area contributed by atoms with E-state index in [1.165, 1.54) is 5.56 Å². The van der Waals surface area contributed by atoms with E-state index in [0.29, 0.717) is 23.1 Å². The summed E-state index contributed by atoms with van der Waals surface area (Å²) in [6, 6.07) is 13.6. The Morgan fingerprint density at radius 2 is 1.90 bits per heavy atom. The maximum atomic E-state index is 5.82. The van der Waals surface area contributed by atoms with Crippen LogP contribution in [-0.4, -0.2) is 12.1 Å². The lowest BCUT2D eigenvalue weighted by Crippen LogP contribution is -2.09. The van der Waals surface area contributed by atoms with Crippen LogP contribution in [0.3, 0.4) is 0 Å². The van der Waals surface area contributed by atoms with E-state index in [2.05, 4.69) is 13.0 Å². The zero-order valence-corrected chi connectivity index (χ0v) is 12.4. The van der Waals surface area contributed by atoms with Crippen molar-refractivity contribution in [1.29, 1.82) is 0 Å². The van der Waals surface area contributed by atoms with E-state index in [4.69, 9.17) is 27.4 Å². The number of hydrogen-bond donors (Lipinski definition) is 1. The summed E-state index contributed by atoms with van der Waals surface area (Å²) >= 11 is 4.95. The van der Waals surface area contributed by atoms with Crippen LogP contribution in [-0.2, 0) is 6.61 Å². The topological polar surface area (TPSA) is 44.5 Å². The Hall–Kier alpha value is -2.07. The molecule has 2 aromatic carbocycles. The summed E-state index contributed by atoms with van der Waals surface area (Å²) in [5, 5.41) is 0. The zero-order valence-electron chi connectivity index (χ0n) is 11.6. The number of aryl methyl sites for hydroxylation is 1. The third-order valence-corrected chi connectivity index (χ3v) is 3.33. The number of nitrogens with two attached hydrogens (primary N) is 1. The number of rotatable bonds is 5. The summed E-state index contributed by atoms with van der Waals surface area (Å²) in [5.41, 5.74) is 8.72. The molecule has 104 valence electrons. The van der Waals surface area contributed by atoms with Gasteiger partial charge in [-0.1, -0.05) is 36.5 Å². The summed E-state index contributed by atoms with van der Waals surface area (Å²) in [7, 11) is 1.60. The summed E-state index contributed by atoms with van der Waals surface area (Å²) in [5.74, 6) is 1.31. The minimum atomic E-state index is 0.341. The molecule has 20 heavy (non-hydrogen) atoms. The SMILES string of the molecule is COc1cc(C(N)=S)ccc1OCc1ccccc1C. The van der Waals surface area contributed by atoms with Crippen LogP contribution < -0.4 is 15.2 Å². The van der Waals surface area contributed by atoms with Crippen molar-refractivity contribution < 1.29 is 9.47 Å². The third-order valence-electron chi connectivity index (χ3n) is 3.09. The second-order valence-electron chi connectivity index (χ2n) is 4.45. The Bertz CT molecular complexity index is 626. The van der Waals surface area contributed by atoms with Gasteiger partial charge in [-0.3, -0.25) is 0 Å². The summed E-state index contributed by atoms with van der Waals surface area (Å²) in [6.45, 7) is 2.56. The fourth-order valence-electron chi connectivity index (χ4n) is 1.87. The maximum absolute atomic E-state index is 5.82. The van der Waals surface area contributed by atoms with Crippen LogP contribution in [0.15, 0.2) is 42.5 Å². The van der Waals surface area contributed by atoms with Gasteiger partial charge in [0.2, 0.25) is 0 Å². The minimum Gasteiger partial charge on any atom is -0.493 e. The van der Waals surface area contributed by atoms with Crippen molar-refractivity contribution in [1.82, 2.24) is 0 Å². The van der Waals surface area contributed by atoms with E-state index in [1.807, 2.05) is 30.3 Å². The van der Waals surface area contributed by atoms with Crippen LogP contribution >= 0.6 is 12.2 Å². The second kappa shape index (κ2) is 6.39. The van der Waals surface area contributed by atoms with Crippen LogP contribution in [0.25, 0.3) is 0 Å². The van der Waals surface area contributed by atoms with Crippen molar-refractivity contribution in [2.24, 2.45) is 5.73 Å². The van der Waals surface area contributed by atoms with Crippen molar-refractivity contribution in [2.45, 2.75) is 13.5 Å². The van der Waals surface area contributed by atoms with Crippen LogP contribution in [0.2, 0.25) is 0 Å². The molecule has 4 heteroatoms. The maximum Gasteiger partial charge on any atom is 0.161 e. The van der Waals surface area contributed by atoms with E-state index in [1.54, 1.807) is 13.2 Å². The predicted octanol–water partition coefficient (Wildman–Crippen LogP) is 3.22. The third kappa shape index (κ3) is 3.27. The fourth-order valence-corrected chi connectivity index (χ4v) is 1.99. The van der Waals surface area contributed by atoms with Crippen molar-refractivity contribution in [2.75, 3.05) is 7.11 Å². The van der Waals surface area contributed by atoms with Crippen molar-refractivity contribution >= 4 is 17.2 Å². The number of methoxy groups -OCH3 is 1. The van der Waals surface area contributed by atoms with E-state index in [-0.39, 0.29) is 0 Å². The van der Waals surface area contributed by atoms with E-state index >= 15 is 0 Å². The van der Waals surface area contributed by atoms with Gasteiger partial charge in [0, 0.05) is 5.56 Å². The van der Waals surface area contributed by atoms with Gasteiger partial charge in [0.05, 0.1) is 7.11 Å². The minimum absolute atomic E-state index is 0.341. The van der Waals surface area contributed by atoms with Crippen molar-refractivity contribution in [3.8, 4) is 11.5 Å². The lowest BCUT2D eigenvalue weighted by molar-refractivity contribution is 0.284. The van der Waals surface area contributed by atoms with Crippen LogP contribution in [0.4, 0.5) is 0 Å². The van der Waals surface area contributed by atoms with Crippen LogP contribution in [0, 0.1) is 6.92 Å². The monoisotopic (exact) mass is 287 g/mol. The smallest absolute Gasteiger partial charge is 0.161 e. The van der Waals surface area contributed by atoms with Crippen LogP contribution in [0.5, 0.6) is 11.5 Å². The molecule has 0 saturated carbocycles. The van der Waals surface area contributed by atoms with E-state index < -0.39 is 0 Å². The Labute approximate surface area is 124 Å². The van der Waals surface area contributed by atoms with Crippen molar-refractivity contribution in [3.63, 3.8) is 0 Å². The number of ether oxygens (including phenoxy) is 2. The Morgan fingerprint density at radius 1 is 1.15 bits per heavy atom. The van der Waals surface area contributed by atoms with Crippen LogP contribution in [0.1, 0.15) is 16.7 Å². The van der Waals surface area contributed by atoms with Gasteiger partial charge in [0.25, 0.3) is 0 Å². The lowest BCUT2D eigenvalue weighted by atomic mass is 10.1. The molecule has 0 spiro atoms. The van der Waals surface area contributed by atoms with Gasteiger partial charge < -0.3 is 15.2 Å². The molecule has 0 atom stereocenters. The quantitative estimate of drug-likeness (QED) is 0.858. The molecule has 2 rings (SSSR count). The first-order chi connectivity index (χ1) is 9.61. The predicted molar refractivity (Wildman–Crippen MR) is 84.4 cm³/mol. The van der Waals surface area contributed by atoms with E-state index in [0.717, 1.165) is 11.1 Å². The number of thiocarbonyl (C=S) groups is 1. The van der Waals surface area contributed by atoms with Gasteiger partial charge >= 0.3 is 0 Å². The molecule has 0 aliphatic rings. The highest BCUT2D eigenvalue weighted by Crippen LogP contribution is 2.29. The molecule has 3 nitrogen and oxygen atoms in total. The number of benzene rings is 2. The Morgan fingerprint density at radius 3 is 2.55 bits per heavy atom. The second-order valence-corrected chi connectivity index (χ2v) is 4.88. The molecule has 2 aromatic rings. The molecule has 0 bridgehead atoms. The zero-order chi connectivity index (χ0) is 14.5. The Kier molecular flexibility index (Phi) is 4.58. The molecule has 0 aliphatic heterocycles. The molecular formula is C16H17NO2S. The summed E-state index contributed by atoms with van der Waals surface area (Å²) in [4.78, 5) is 0.341. The largest absolute Gasteiger partial charge is 0.493 e. The van der Waals surface area contributed by atoms with Gasteiger partial charge in [-0.05, 0) is 36.2 Å². The molecule has 0 heterocycles. The van der Waals surface area contributed by atoms with Gasteiger partial charge in [0.1, 0.15) is 11.6 Å². The summed E-state index contributed by atoms with van der Waals surface area (Å²) in [6.07, 6.45) is 0. The molecule has 0 unspecified atom stereocenters. The Balaban J connectivity index is 2.17.